The van der Waals surface area contributed by atoms with Gasteiger partial charge in [-0.2, -0.15) is 113 Å². The third-order valence-corrected chi connectivity index (χ3v) is 13.0. The molecule has 0 bridgehead atoms. The molecule has 0 saturated carbocycles. The Morgan fingerprint density at radius 2 is 0.500 bits per heavy atom. The van der Waals surface area contributed by atoms with Crippen molar-refractivity contribution in [1.29, 1.82) is 0 Å². The smallest absolute Gasteiger partial charge is 0.264 e. The quantitative estimate of drug-likeness (QED) is 0.0206. The molecule has 0 aliphatic carbocycles. The van der Waals surface area contributed by atoms with Gasteiger partial charge in [-0.05, 0) is 6.42 Å². The van der Waals surface area contributed by atoms with Crippen molar-refractivity contribution in [2.75, 3.05) is 0 Å². The number of hydrogen-bond donors (Lipinski definition) is 10. The van der Waals surface area contributed by atoms with Crippen molar-refractivity contribution in [3.63, 3.8) is 0 Å². The third kappa shape index (κ3) is 28.5. The lowest BCUT2D eigenvalue weighted by Gasteiger charge is -2.54. The van der Waals surface area contributed by atoms with Crippen LogP contribution in [0.3, 0.4) is 0 Å². The Kier molecular flexibility index (Phi) is 27.2. The maximum Gasteiger partial charge on any atom is 0.402 e. The van der Waals surface area contributed by atoms with E-state index in [4.69, 9.17) is 0 Å². The summed E-state index contributed by atoms with van der Waals surface area (Å²) in [5.74, 6) is -30.0. The van der Waals surface area contributed by atoms with Crippen LogP contribution in [-0.4, -0.2) is 159 Å². The Labute approximate surface area is 425 Å². The van der Waals surface area contributed by atoms with E-state index in [1.165, 1.54) is 0 Å². The van der Waals surface area contributed by atoms with E-state index in [1.807, 2.05) is 0 Å². The van der Waals surface area contributed by atoms with E-state index in [-0.39, 0.29) is 12.8 Å². The molecule has 0 radical (unpaired) electrons. The number of hydrogen-bond acceptors (Lipinski definition) is 30. The first-order chi connectivity index (χ1) is 32.8. The van der Waals surface area contributed by atoms with E-state index in [2.05, 4.69) is 48.8 Å². The highest BCUT2D eigenvalue weighted by atomic mass is 32.3. The molecule has 0 aromatic heterocycles. The molecule has 0 amide bonds. The Hall–Kier alpha value is -1.30. The second kappa shape index (κ2) is 27.7. The highest BCUT2D eigenvalue weighted by Crippen LogP contribution is 2.57. The van der Waals surface area contributed by atoms with E-state index < -0.39 is 153 Å². The molecule has 0 saturated heterocycles. The lowest BCUT2D eigenvalue weighted by atomic mass is 9.88. The predicted octanol–water partition coefficient (Wildman–Crippen LogP) is -0.667. The first-order valence-corrected chi connectivity index (χ1v) is 33.2. The molecule has 50 heteroatoms. The van der Waals surface area contributed by atoms with Crippen molar-refractivity contribution in [2.45, 2.75) is 152 Å². The van der Waals surface area contributed by atoms with Crippen LogP contribution in [0.5, 0.6) is 0 Å². The van der Waals surface area contributed by atoms with Gasteiger partial charge in [0, 0.05) is 0 Å². The second-order valence-electron chi connectivity index (χ2n) is 14.5. The summed E-state index contributed by atoms with van der Waals surface area (Å²) in [6, 6.07) is 0. The molecule has 0 aliphatic heterocycles. The van der Waals surface area contributed by atoms with E-state index in [9.17, 15) is 130 Å². The van der Waals surface area contributed by atoms with Crippen LogP contribution in [0.4, 0.5) is 0 Å². The van der Waals surface area contributed by atoms with Crippen molar-refractivity contribution >= 4 is 104 Å². The summed E-state index contributed by atoms with van der Waals surface area (Å²) >= 11 is 0. The average molecular weight is 1300 g/mol. The summed E-state index contributed by atoms with van der Waals surface area (Å²) in [5.41, 5.74) is 0. The van der Waals surface area contributed by atoms with Crippen LogP contribution < -0.4 is 0 Å². The summed E-state index contributed by atoms with van der Waals surface area (Å²) in [4.78, 5) is 0. The zero-order valence-corrected chi connectivity index (χ0v) is 45.3. The summed E-state index contributed by atoms with van der Waals surface area (Å²) in [6.45, 7) is 2.08. The summed E-state index contributed by atoms with van der Waals surface area (Å²) in [5, 5.41) is 0. The van der Waals surface area contributed by atoms with Crippen molar-refractivity contribution in [3.8, 4) is 0 Å². The molecular weight excluding hydrogens is 1250 g/mol. The van der Waals surface area contributed by atoms with Crippen LogP contribution in [0.1, 0.15) is 122 Å². The van der Waals surface area contributed by atoms with Crippen molar-refractivity contribution in [3.05, 3.63) is 0 Å². The summed E-state index contributed by atoms with van der Waals surface area (Å²) < 4.78 is 383. The monoisotopic (exact) mass is 1300 g/mol. The molecule has 0 spiro atoms. The van der Waals surface area contributed by atoms with Crippen LogP contribution in [0, 0.1) is 0 Å². The molecule has 1 unspecified atom stereocenters. The fourth-order valence-corrected chi connectivity index (χ4v) is 11.8. The minimum absolute atomic E-state index is 0.0837. The van der Waals surface area contributed by atoms with Gasteiger partial charge in [0.05, 0.1) is 0 Å². The lowest BCUT2D eigenvalue weighted by Crippen LogP contribution is -2.85. The highest BCUT2D eigenvalue weighted by Gasteiger charge is 2.91. The first-order valence-electron chi connectivity index (χ1n) is 19.6. The average Bonchev–Trinajstić information content (AvgIpc) is 3.08. The van der Waals surface area contributed by atoms with Gasteiger partial charge in [-0.1, -0.05) is 116 Å². The van der Waals surface area contributed by atoms with Gasteiger partial charge in [0.1, 0.15) is 6.10 Å². The molecule has 40 nitrogen and oxygen atoms in total. The Bertz CT molecular complexity index is 2800. The van der Waals surface area contributed by atoms with Crippen LogP contribution >= 0.6 is 0 Å². The number of unbranched alkanes of at least 4 members (excludes halogenated alkanes) is 16. The van der Waals surface area contributed by atoms with Crippen molar-refractivity contribution in [2.24, 2.45) is 0 Å². The van der Waals surface area contributed by atoms with Crippen LogP contribution in [0.2, 0.25) is 0 Å². The van der Waals surface area contributed by atoms with Gasteiger partial charge >= 0.3 is 122 Å². The third-order valence-electron chi connectivity index (χ3n) is 8.52. The molecule has 10 N–H and O–H groups in total. The predicted molar refractivity (Wildman–Crippen MR) is 230 cm³/mol. The maximum absolute atomic E-state index is 12.8. The van der Waals surface area contributed by atoms with E-state index >= 15 is 0 Å². The fraction of sp³-hybridized carbons (Fsp3) is 1.00. The van der Waals surface area contributed by atoms with E-state index in [1.54, 1.807) is 0 Å². The molecule has 0 rings (SSSR count). The van der Waals surface area contributed by atoms with Crippen LogP contribution in [0.25, 0.3) is 0 Å². The topological polar surface area (TPSA) is 636 Å². The van der Waals surface area contributed by atoms with Gasteiger partial charge in [0.15, 0.2) is 0 Å². The minimum atomic E-state index is -8.08. The molecule has 0 fully saturated rings. The summed E-state index contributed by atoms with van der Waals surface area (Å²) in [6.07, 6.45) is 2.32. The van der Waals surface area contributed by atoms with Gasteiger partial charge < -0.3 is 0 Å². The standard InChI is InChI=1S/C24H50O40S10/c1-2-3-4-5-6-7-8-9-10-11-12-13-14-15-16-17-18-19-20(55-65(25,26)27)21(56-66(28,29)30,57-67(31,32)33)22(58-68(34,35)36,59-69(37,38)39)23(60-70(40,41)42,61-71(43,44)45)24(62-72(46,47)48,63-73(49,50)51)64-74(52,53)54/h20H,2-19H2,1H3,(H,25,26,27)(H,28,29,30)(H,31,32,33)(H,34,35,36)(H,37,38,39)(H,40,41,42)(H,43,44,45)(H,46,47,48)(H,49,50,51)(H,52,53,54). The van der Waals surface area contributed by atoms with Gasteiger partial charge in [-0.15, -0.1) is 0 Å². The van der Waals surface area contributed by atoms with Crippen molar-refractivity contribution in [1.82, 2.24) is 0 Å². The van der Waals surface area contributed by atoms with Gasteiger partial charge in [0.25, 0.3) is 5.79 Å². The number of rotatable bonds is 42. The second-order valence-corrected chi connectivity index (χ2v) is 24.8. The molecule has 0 heterocycles. The fourth-order valence-electron chi connectivity index (χ4n) is 6.37. The molecule has 0 aromatic carbocycles. The Morgan fingerprint density at radius 3 is 0.716 bits per heavy atom. The van der Waals surface area contributed by atoms with Gasteiger partial charge in [-0.25, -0.2) is 12.5 Å². The highest BCUT2D eigenvalue weighted by molar-refractivity contribution is 7.84. The van der Waals surface area contributed by atoms with Gasteiger partial charge in [0.2, 0.25) is 0 Å². The zero-order valence-electron chi connectivity index (χ0n) is 37.1. The van der Waals surface area contributed by atoms with Crippen LogP contribution in [-0.2, 0) is 146 Å². The maximum atomic E-state index is 12.8. The van der Waals surface area contributed by atoms with Gasteiger partial charge in [-0.3, -0.25) is 45.5 Å². The largest absolute Gasteiger partial charge is 0.402 e. The van der Waals surface area contributed by atoms with Crippen molar-refractivity contribution < 1.29 is 172 Å². The Morgan fingerprint density at radius 1 is 0.284 bits per heavy atom. The van der Waals surface area contributed by atoms with E-state index in [0.29, 0.717) is 19.3 Å². The molecule has 446 valence electrons. The summed E-state index contributed by atoms with van der Waals surface area (Å²) in [7, 11) is -78.2. The lowest BCUT2D eigenvalue weighted by molar-refractivity contribution is -0.494. The minimum Gasteiger partial charge on any atom is -0.264 e. The molecule has 1 atom stereocenters. The molecule has 0 aromatic rings. The first kappa shape index (κ1) is 72.7. The SMILES string of the molecule is CCCCCCCCCCCCCCCCCCCC(OS(=O)(=O)O)C(OS(=O)(=O)O)(OS(=O)(=O)O)C(OS(=O)(=O)O)(OS(=O)(=O)O)C(OS(=O)(=O)O)(OS(=O)(=O)O)C(OS(=O)(=O)O)(OS(=O)(=O)O)OS(=O)(=O)O. The zero-order chi connectivity index (χ0) is 58.4. The molecule has 0 aliphatic rings. The van der Waals surface area contributed by atoms with E-state index in [0.717, 1.165) is 64.2 Å². The van der Waals surface area contributed by atoms with Crippen LogP contribution in [0.15, 0.2) is 0 Å². The normalized spacial score (nSPS) is 15.3. The molecule has 74 heavy (non-hydrogen) atoms. The Balaban J connectivity index is 9.22. The molecular formula is C24H50O40S10.